The van der Waals surface area contributed by atoms with Crippen LogP contribution >= 0.6 is 0 Å². The molecule has 0 saturated carbocycles. The van der Waals surface area contributed by atoms with Crippen molar-refractivity contribution in [3.63, 3.8) is 0 Å². The van der Waals surface area contributed by atoms with Crippen LogP contribution < -0.4 is 0 Å². The number of hydrogen-bond acceptors (Lipinski definition) is 11. The molecule has 1 aliphatic rings. The number of aliphatic hydroxyl groups is 2. The van der Waals surface area contributed by atoms with E-state index in [9.17, 15) is 34.5 Å². The molecule has 0 aromatic carbocycles. The quantitative estimate of drug-likeness (QED) is 0.0228. The Kier molecular flexibility index (Phi) is 51.7. The van der Waals surface area contributed by atoms with Crippen molar-refractivity contribution in [1.29, 1.82) is 0 Å². The second-order valence-corrected chi connectivity index (χ2v) is 21.7. The fourth-order valence-corrected chi connectivity index (χ4v) is 9.19. The van der Waals surface area contributed by atoms with Crippen molar-refractivity contribution in [2.24, 2.45) is 0 Å². The van der Waals surface area contributed by atoms with Crippen molar-refractivity contribution in [3.8, 4) is 0 Å². The summed E-state index contributed by atoms with van der Waals surface area (Å²) in [6.07, 6.45) is 62.3. The molecule has 0 aliphatic carbocycles. The van der Waals surface area contributed by atoms with Gasteiger partial charge in [0.15, 0.2) is 24.6 Å². The number of carboxylic acid groups (broad SMARTS) is 1. The monoisotopic (exact) mass is 1130 g/mol. The van der Waals surface area contributed by atoms with Crippen molar-refractivity contribution in [3.05, 3.63) is 97.2 Å². The van der Waals surface area contributed by atoms with Gasteiger partial charge in [0.2, 0.25) is 0 Å². The Hall–Kier alpha value is -4.36. The predicted octanol–water partition coefficient (Wildman–Crippen LogP) is 17.2. The summed E-state index contributed by atoms with van der Waals surface area (Å²) in [4.78, 5) is 51.3. The highest BCUT2D eigenvalue weighted by Crippen LogP contribution is 2.26. The first kappa shape index (κ1) is 74.7. The molecule has 0 bridgehead atoms. The van der Waals surface area contributed by atoms with Crippen molar-refractivity contribution >= 4 is 23.9 Å². The van der Waals surface area contributed by atoms with Gasteiger partial charge in [-0.3, -0.25) is 14.4 Å². The van der Waals surface area contributed by atoms with Gasteiger partial charge in [-0.2, -0.15) is 0 Å². The van der Waals surface area contributed by atoms with Crippen LogP contribution in [0.2, 0.25) is 0 Å². The fraction of sp³-hybridized carbons (Fsp3) is 0.710. The first-order valence-electron chi connectivity index (χ1n) is 32.2. The van der Waals surface area contributed by atoms with Crippen LogP contribution in [0.25, 0.3) is 0 Å². The molecular formula is C69H114O12. The zero-order chi connectivity index (χ0) is 58.9. The van der Waals surface area contributed by atoms with Crippen LogP contribution in [0, 0.1) is 0 Å². The van der Waals surface area contributed by atoms with E-state index in [1.54, 1.807) is 0 Å². The van der Waals surface area contributed by atoms with E-state index in [0.717, 1.165) is 103 Å². The van der Waals surface area contributed by atoms with E-state index in [-0.39, 0.29) is 25.9 Å². The summed E-state index contributed by atoms with van der Waals surface area (Å²) < 4.78 is 28.4. The largest absolute Gasteiger partial charge is 0.479 e. The molecule has 1 aliphatic heterocycles. The van der Waals surface area contributed by atoms with Gasteiger partial charge < -0.3 is 39.0 Å². The lowest BCUT2D eigenvalue weighted by Gasteiger charge is -2.40. The summed E-state index contributed by atoms with van der Waals surface area (Å²) in [6.45, 7) is 5.83. The van der Waals surface area contributed by atoms with Gasteiger partial charge in [-0.1, -0.05) is 227 Å². The first-order valence-corrected chi connectivity index (χ1v) is 32.2. The number of esters is 3. The maximum Gasteiger partial charge on any atom is 0.335 e. The highest BCUT2D eigenvalue weighted by molar-refractivity contribution is 5.74. The minimum Gasteiger partial charge on any atom is -0.479 e. The molecule has 0 aromatic heterocycles. The molecule has 12 nitrogen and oxygen atoms in total. The van der Waals surface area contributed by atoms with E-state index in [1.807, 2.05) is 12.2 Å². The van der Waals surface area contributed by atoms with Gasteiger partial charge in [0.05, 0.1) is 6.61 Å². The van der Waals surface area contributed by atoms with Gasteiger partial charge in [0.1, 0.15) is 18.8 Å². The summed E-state index contributed by atoms with van der Waals surface area (Å²) >= 11 is 0. The molecule has 3 N–H and O–H groups in total. The molecule has 0 radical (unpaired) electrons. The summed E-state index contributed by atoms with van der Waals surface area (Å²) in [5.74, 6) is -3.21. The second-order valence-electron chi connectivity index (χ2n) is 21.7. The molecule has 0 amide bonds. The molecule has 6 unspecified atom stereocenters. The van der Waals surface area contributed by atoms with Crippen molar-refractivity contribution in [2.45, 2.75) is 302 Å². The number of ether oxygens (including phenoxy) is 5. The van der Waals surface area contributed by atoms with Gasteiger partial charge >= 0.3 is 23.9 Å². The zero-order valence-electron chi connectivity index (χ0n) is 51.0. The number of rotatable bonds is 54. The first-order chi connectivity index (χ1) is 39.6. The van der Waals surface area contributed by atoms with Gasteiger partial charge in [0.25, 0.3) is 0 Å². The van der Waals surface area contributed by atoms with Crippen molar-refractivity contribution in [1.82, 2.24) is 0 Å². The normalized spacial score (nSPS) is 18.4. The number of carbonyl (C=O) groups excluding carboxylic acids is 3. The Bertz CT molecular complexity index is 1780. The molecule has 1 heterocycles. The Morgan fingerprint density at radius 2 is 0.790 bits per heavy atom. The number of allylic oxidation sites excluding steroid dienone is 16. The molecule has 1 fully saturated rings. The van der Waals surface area contributed by atoms with E-state index in [2.05, 4.69) is 106 Å². The van der Waals surface area contributed by atoms with Crippen molar-refractivity contribution < 1.29 is 58.2 Å². The van der Waals surface area contributed by atoms with Crippen LogP contribution in [-0.4, -0.2) is 89.2 Å². The minimum absolute atomic E-state index is 0.0223. The van der Waals surface area contributed by atoms with Crippen LogP contribution in [0.5, 0.6) is 0 Å². The Morgan fingerprint density at radius 1 is 0.420 bits per heavy atom. The maximum atomic E-state index is 13.2. The number of aliphatic hydroxyl groups excluding tert-OH is 2. The Labute approximate surface area is 492 Å². The SMILES string of the molecule is CC/C=C\C/C=C\C/C=C\C/C=C\C/C=C\CCCC(=O)OC1C(OCC(COC(=O)CCCCCCCCCCC/C=C\C/C=C\CCCCC)OC(=O)CCCCCCC/C=C\CCCCCCCC)OC(C(=O)O)C(O)C1O. The van der Waals surface area contributed by atoms with Crippen molar-refractivity contribution in [2.75, 3.05) is 13.2 Å². The summed E-state index contributed by atoms with van der Waals surface area (Å²) in [6, 6.07) is 0. The second kappa shape index (κ2) is 56.1. The number of carbonyl (C=O) groups is 4. The van der Waals surface area contributed by atoms with Gasteiger partial charge in [-0.05, 0) is 116 Å². The fourth-order valence-electron chi connectivity index (χ4n) is 9.19. The van der Waals surface area contributed by atoms with Crippen LogP contribution in [0.3, 0.4) is 0 Å². The smallest absolute Gasteiger partial charge is 0.335 e. The predicted molar refractivity (Wildman–Crippen MR) is 331 cm³/mol. The molecule has 0 aromatic rings. The number of carboxylic acids is 1. The lowest BCUT2D eigenvalue weighted by Crippen LogP contribution is -2.61. The third-order valence-electron chi connectivity index (χ3n) is 14.1. The third-order valence-corrected chi connectivity index (χ3v) is 14.1. The number of unbranched alkanes of at least 4 members (excludes halogenated alkanes) is 24. The van der Waals surface area contributed by atoms with E-state index < -0.39 is 67.3 Å². The number of hydrogen-bond donors (Lipinski definition) is 3. The van der Waals surface area contributed by atoms with Gasteiger partial charge in [-0.25, -0.2) is 4.79 Å². The van der Waals surface area contributed by atoms with Crippen LogP contribution in [0.15, 0.2) is 97.2 Å². The zero-order valence-corrected chi connectivity index (χ0v) is 51.0. The maximum absolute atomic E-state index is 13.2. The number of aliphatic carboxylic acids is 1. The molecular weight excluding hydrogens is 1020 g/mol. The Morgan fingerprint density at radius 3 is 1.26 bits per heavy atom. The Balaban J connectivity index is 2.70. The van der Waals surface area contributed by atoms with E-state index in [1.165, 1.54) is 96.3 Å². The topological polar surface area (TPSA) is 175 Å². The summed E-state index contributed by atoms with van der Waals surface area (Å²) in [7, 11) is 0. The van der Waals surface area contributed by atoms with E-state index in [0.29, 0.717) is 25.7 Å². The molecule has 12 heteroatoms. The molecule has 81 heavy (non-hydrogen) atoms. The third kappa shape index (κ3) is 45.8. The van der Waals surface area contributed by atoms with Crippen LogP contribution in [0.4, 0.5) is 0 Å². The van der Waals surface area contributed by atoms with E-state index in [4.69, 9.17) is 23.7 Å². The van der Waals surface area contributed by atoms with Gasteiger partial charge in [0, 0.05) is 19.3 Å². The average Bonchev–Trinajstić information content (AvgIpc) is 3.53. The molecule has 6 atom stereocenters. The minimum atomic E-state index is -1.93. The summed E-state index contributed by atoms with van der Waals surface area (Å²) in [5, 5.41) is 31.6. The lowest BCUT2D eigenvalue weighted by molar-refractivity contribution is -0.301. The van der Waals surface area contributed by atoms with E-state index >= 15 is 0 Å². The highest BCUT2D eigenvalue weighted by atomic mass is 16.7. The lowest BCUT2D eigenvalue weighted by atomic mass is 9.98. The average molecular weight is 1140 g/mol. The molecule has 0 spiro atoms. The summed E-state index contributed by atoms with van der Waals surface area (Å²) in [5.41, 5.74) is 0. The standard InChI is InChI=1S/C69H114O12/c1-4-7-10-13-16-19-22-25-28-30-31-33-35-37-40-43-46-49-52-55-61(70)77-58-60(79-62(71)56-53-50-47-44-41-38-34-27-24-21-18-15-12-9-6-3)59-78-69-67(65(74)64(73)66(81-69)68(75)76)80-63(72)57-54-51-48-45-42-39-36-32-29-26-23-20-17-14-11-8-5-2/h8,11,16-17,19-20,25-29,34,36,39,45,48,60,64-67,69,73-74H,4-7,9-10,12-15,18,21-24,30-33,35,37-38,40-44,46-47,49-59H2,1-3H3,(H,75,76)/b11-8-,19-16-,20-17-,28-25-,29-26-,34-27-,39-36-,48-45-. The molecule has 462 valence electrons. The van der Waals surface area contributed by atoms with Crippen LogP contribution in [-0.2, 0) is 42.9 Å². The molecule has 1 saturated heterocycles. The van der Waals surface area contributed by atoms with Crippen LogP contribution in [0.1, 0.15) is 265 Å². The van der Waals surface area contributed by atoms with Gasteiger partial charge in [-0.15, -0.1) is 0 Å². The highest BCUT2D eigenvalue weighted by Gasteiger charge is 2.50. The molecule has 1 rings (SSSR count).